The van der Waals surface area contributed by atoms with Gasteiger partial charge in [-0.25, -0.2) is 9.38 Å². The predicted molar refractivity (Wildman–Crippen MR) is 75.1 cm³/mol. The molecule has 0 saturated heterocycles. The van der Waals surface area contributed by atoms with Crippen LogP contribution < -0.4 is 10.6 Å². The van der Waals surface area contributed by atoms with Gasteiger partial charge in [-0.1, -0.05) is 15.9 Å². The van der Waals surface area contributed by atoms with Crippen LogP contribution in [0, 0.1) is 5.82 Å². The standard InChI is InChI=1S/C13H17BrFN3/c1-2-16-13(18-11-4-5-11)17-8-9-7-10(14)3-6-12(9)15/h3,6-7,11H,2,4-5,8H2,1H3,(H2,16,17,18). The zero-order chi connectivity index (χ0) is 13.0. The van der Waals surface area contributed by atoms with E-state index in [2.05, 4.69) is 31.6 Å². The molecule has 0 bridgehead atoms. The van der Waals surface area contributed by atoms with Crippen LogP contribution in [0.25, 0.3) is 0 Å². The van der Waals surface area contributed by atoms with Gasteiger partial charge in [0.2, 0.25) is 0 Å². The second-order valence-corrected chi connectivity index (χ2v) is 5.27. The molecule has 18 heavy (non-hydrogen) atoms. The third kappa shape index (κ3) is 3.98. The van der Waals surface area contributed by atoms with Gasteiger partial charge in [0.05, 0.1) is 6.54 Å². The SMILES string of the molecule is CCNC(=NCc1cc(Br)ccc1F)NC1CC1. The Bertz CT molecular complexity index is 444. The van der Waals surface area contributed by atoms with Crippen LogP contribution in [0.1, 0.15) is 25.3 Å². The molecule has 98 valence electrons. The van der Waals surface area contributed by atoms with Crippen molar-refractivity contribution in [3.05, 3.63) is 34.1 Å². The van der Waals surface area contributed by atoms with Gasteiger partial charge in [-0.2, -0.15) is 0 Å². The van der Waals surface area contributed by atoms with Gasteiger partial charge >= 0.3 is 0 Å². The van der Waals surface area contributed by atoms with Crippen LogP contribution in [0.2, 0.25) is 0 Å². The van der Waals surface area contributed by atoms with Gasteiger partial charge in [0.1, 0.15) is 5.82 Å². The Morgan fingerprint density at radius 3 is 2.94 bits per heavy atom. The number of hydrogen-bond donors (Lipinski definition) is 2. The zero-order valence-electron chi connectivity index (χ0n) is 10.3. The van der Waals surface area contributed by atoms with E-state index in [1.54, 1.807) is 12.1 Å². The zero-order valence-corrected chi connectivity index (χ0v) is 11.9. The molecule has 0 atom stereocenters. The summed E-state index contributed by atoms with van der Waals surface area (Å²) in [6, 6.07) is 5.45. The molecular formula is C13H17BrFN3. The molecule has 0 unspecified atom stereocenters. The quantitative estimate of drug-likeness (QED) is 0.662. The molecule has 2 rings (SSSR count). The van der Waals surface area contributed by atoms with E-state index in [-0.39, 0.29) is 5.82 Å². The van der Waals surface area contributed by atoms with Crippen molar-refractivity contribution in [3.8, 4) is 0 Å². The third-order valence-electron chi connectivity index (χ3n) is 2.68. The summed E-state index contributed by atoms with van der Waals surface area (Å²) in [5.41, 5.74) is 0.595. The van der Waals surface area contributed by atoms with E-state index in [1.165, 1.54) is 18.9 Å². The molecule has 1 aromatic carbocycles. The molecule has 1 fully saturated rings. The Hall–Kier alpha value is -1.10. The van der Waals surface area contributed by atoms with Crippen LogP contribution in [-0.2, 0) is 6.54 Å². The van der Waals surface area contributed by atoms with Crippen LogP contribution in [0.4, 0.5) is 4.39 Å². The van der Waals surface area contributed by atoms with E-state index < -0.39 is 0 Å². The number of halogens is 2. The molecule has 5 heteroatoms. The number of nitrogens with zero attached hydrogens (tertiary/aromatic N) is 1. The number of benzene rings is 1. The average Bonchev–Trinajstić information content (AvgIpc) is 3.14. The third-order valence-corrected chi connectivity index (χ3v) is 3.17. The molecule has 0 heterocycles. The molecule has 0 spiro atoms. The summed E-state index contributed by atoms with van der Waals surface area (Å²) in [5.74, 6) is 0.545. The first-order valence-electron chi connectivity index (χ1n) is 6.18. The molecule has 0 aliphatic heterocycles. The van der Waals surface area contributed by atoms with Gasteiger partial charge in [0, 0.05) is 22.6 Å². The van der Waals surface area contributed by atoms with Gasteiger partial charge in [-0.3, -0.25) is 0 Å². The molecule has 0 aromatic heterocycles. The second-order valence-electron chi connectivity index (χ2n) is 4.35. The molecular weight excluding hydrogens is 297 g/mol. The average molecular weight is 314 g/mol. The Morgan fingerprint density at radius 2 is 2.28 bits per heavy atom. The minimum Gasteiger partial charge on any atom is -0.357 e. The van der Waals surface area contributed by atoms with Gasteiger partial charge in [-0.05, 0) is 38.0 Å². The predicted octanol–water partition coefficient (Wildman–Crippen LogP) is 2.81. The van der Waals surface area contributed by atoms with Crippen molar-refractivity contribution >= 4 is 21.9 Å². The largest absolute Gasteiger partial charge is 0.357 e. The highest BCUT2D eigenvalue weighted by atomic mass is 79.9. The van der Waals surface area contributed by atoms with E-state index in [4.69, 9.17) is 0 Å². The Morgan fingerprint density at radius 1 is 1.50 bits per heavy atom. The number of aliphatic imine (C=N–C) groups is 1. The minimum atomic E-state index is -0.218. The lowest BCUT2D eigenvalue weighted by Gasteiger charge is -2.10. The summed E-state index contributed by atoms with van der Waals surface area (Å²) in [6.07, 6.45) is 2.38. The first kappa shape index (κ1) is 13.3. The van der Waals surface area contributed by atoms with Gasteiger partial charge in [0.25, 0.3) is 0 Å². The van der Waals surface area contributed by atoms with Crippen molar-refractivity contribution in [1.82, 2.24) is 10.6 Å². The molecule has 2 N–H and O–H groups in total. The molecule has 1 aliphatic carbocycles. The van der Waals surface area contributed by atoms with E-state index in [9.17, 15) is 4.39 Å². The monoisotopic (exact) mass is 313 g/mol. The van der Waals surface area contributed by atoms with E-state index >= 15 is 0 Å². The van der Waals surface area contributed by atoms with Gasteiger partial charge in [0.15, 0.2) is 5.96 Å². The number of rotatable bonds is 4. The second kappa shape index (κ2) is 6.18. The smallest absolute Gasteiger partial charge is 0.191 e. The summed E-state index contributed by atoms with van der Waals surface area (Å²) in [4.78, 5) is 4.40. The van der Waals surface area contributed by atoms with Crippen molar-refractivity contribution in [2.45, 2.75) is 32.4 Å². The van der Waals surface area contributed by atoms with Crippen LogP contribution in [-0.4, -0.2) is 18.5 Å². The lowest BCUT2D eigenvalue weighted by molar-refractivity contribution is 0.610. The Labute approximate surface area is 115 Å². The van der Waals surface area contributed by atoms with Crippen LogP contribution >= 0.6 is 15.9 Å². The summed E-state index contributed by atoms with van der Waals surface area (Å²) in [7, 11) is 0. The minimum absolute atomic E-state index is 0.218. The number of guanidine groups is 1. The van der Waals surface area contributed by atoms with Crippen molar-refractivity contribution in [3.63, 3.8) is 0 Å². The molecule has 0 radical (unpaired) electrons. The maximum Gasteiger partial charge on any atom is 0.191 e. The van der Waals surface area contributed by atoms with Crippen molar-refractivity contribution < 1.29 is 4.39 Å². The van der Waals surface area contributed by atoms with Crippen LogP contribution in [0.3, 0.4) is 0 Å². The Kier molecular flexibility index (Phi) is 4.58. The molecule has 1 aromatic rings. The van der Waals surface area contributed by atoms with E-state index in [1.807, 2.05) is 6.92 Å². The number of nitrogens with one attached hydrogen (secondary N) is 2. The molecule has 1 saturated carbocycles. The van der Waals surface area contributed by atoms with Crippen LogP contribution in [0.15, 0.2) is 27.7 Å². The highest BCUT2D eigenvalue weighted by Crippen LogP contribution is 2.19. The summed E-state index contributed by atoms with van der Waals surface area (Å²) >= 11 is 3.34. The Balaban J connectivity index is 2.03. The fourth-order valence-corrected chi connectivity index (χ4v) is 1.98. The first-order valence-corrected chi connectivity index (χ1v) is 6.97. The van der Waals surface area contributed by atoms with E-state index in [0.29, 0.717) is 18.2 Å². The molecule has 3 nitrogen and oxygen atoms in total. The lowest BCUT2D eigenvalue weighted by Crippen LogP contribution is -2.38. The summed E-state index contributed by atoms with van der Waals surface area (Å²) < 4.78 is 14.4. The fraction of sp³-hybridized carbons (Fsp3) is 0.462. The number of hydrogen-bond acceptors (Lipinski definition) is 1. The van der Waals surface area contributed by atoms with Gasteiger partial charge in [-0.15, -0.1) is 0 Å². The first-order chi connectivity index (χ1) is 8.69. The lowest BCUT2D eigenvalue weighted by atomic mass is 10.2. The molecule has 0 amide bonds. The van der Waals surface area contributed by atoms with Crippen molar-refractivity contribution in [2.75, 3.05) is 6.54 Å². The fourth-order valence-electron chi connectivity index (χ4n) is 1.57. The van der Waals surface area contributed by atoms with E-state index in [0.717, 1.165) is 17.0 Å². The maximum atomic E-state index is 13.5. The maximum absolute atomic E-state index is 13.5. The summed E-state index contributed by atoms with van der Waals surface area (Å²) in [6.45, 7) is 3.16. The highest BCUT2D eigenvalue weighted by Gasteiger charge is 2.22. The summed E-state index contributed by atoms with van der Waals surface area (Å²) in [5, 5.41) is 6.46. The topological polar surface area (TPSA) is 36.4 Å². The van der Waals surface area contributed by atoms with Crippen LogP contribution in [0.5, 0.6) is 0 Å². The van der Waals surface area contributed by atoms with Gasteiger partial charge < -0.3 is 10.6 Å². The normalized spacial score (nSPS) is 15.6. The van der Waals surface area contributed by atoms with Crippen molar-refractivity contribution in [1.29, 1.82) is 0 Å². The highest BCUT2D eigenvalue weighted by molar-refractivity contribution is 9.10. The van der Waals surface area contributed by atoms with Crippen molar-refractivity contribution in [2.24, 2.45) is 4.99 Å². The molecule has 1 aliphatic rings.